The number of aryl methyl sites for hydroxylation is 1. The fourth-order valence-corrected chi connectivity index (χ4v) is 2.78. The Morgan fingerprint density at radius 1 is 0.762 bits per heavy atom. The van der Waals surface area contributed by atoms with Gasteiger partial charge in [-0.2, -0.15) is 0 Å². The molecule has 0 heterocycles. The normalized spacial score (nSPS) is 11.8. The Bertz CT molecular complexity index is 342. The van der Waals surface area contributed by atoms with Crippen LogP contribution in [0.1, 0.15) is 64.4 Å². The van der Waals surface area contributed by atoms with E-state index in [-0.39, 0.29) is 4.65 Å². The molecule has 0 saturated carbocycles. The van der Waals surface area contributed by atoms with Crippen molar-refractivity contribution >= 4 is 0 Å². The molecule has 120 valence electrons. The van der Waals surface area contributed by atoms with Crippen LogP contribution in [0.25, 0.3) is 0 Å². The molecule has 1 rings (SSSR count). The fourth-order valence-electron chi connectivity index (χ4n) is 2.78. The van der Waals surface area contributed by atoms with E-state index >= 15 is 0 Å². The molecule has 2 heteroatoms. The number of hydroxylamine groups is 3. The second kappa shape index (κ2) is 10.8. The Kier molecular flexibility index (Phi) is 9.36. The van der Waals surface area contributed by atoms with Gasteiger partial charge in [-0.15, -0.1) is 0 Å². The third-order valence-corrected chi connectivity index (χ3v) is 4.21. The van der Waals surface area contributed by atoms with Crippen molar-refractivity contribution in [1.29, 1.82) is 0 Å². The average Bonchev–Trinajstić information content (AvgIpc) is 2.52. The summed E-state index contributed by atoms with van der Waals surface area (Å²) in [5.74, 6) is 0. The zero-order valence-electron chi connectivity index (χ0n) is 14.0. The fraction of sp³-hybridized carbons (Fsp3) is 0.684. The van der Waals surface area contributed by atoms with Crippen molar-refractivity contribution in [3.05, 3.63) is 41.1 Å². The number of quaternary nitrogens is 1. The van der Waals surface area contributed by atoms with Crippen LogP contribution in [0.4, 0.5) is 0 Å². The summed E-state index contributed by atoms with van der Waals surface area (Å²) in [4.78, 5) is 0. The first-order valence-electron chi connectivity index (χ1n) is 8.81. The molecule has 0 atom stereocenters. The van der Waals surface area contributed by atoms with Gasteiger partial charge in [0, 0.05) is 0 Å². The summed E-state index contributed by atoms with van der Waals surface area (Å²) in [6, 6.07) is 10.6. The second-order valence-electron chi connectivity index (χ2n) is 6.23. The first-order valence-corrected chi connectivity index (χ1v) is 8.81. The van der Waals surface area contributed by atoms with Crippen LogP contribution in [-0.2, 0) is 6.42 Å². The number of hydrogen-bond donors (Lipinski definition) is 0. The molecule has 0 amide bonds. The third kappa shape index (κ3) is 8.23. The maximum atomic E-state index is 12.8. The predicted octanol–water partition coefficient (Wildman–Crippen LogP) is 5.31. The van der Waals surface area contributed by atoms with Crippen LogP contribution >= 0.6 is 0 Å². The molecule has 0 spiro atoms. The van der Waals surface area contributed by atoms with E-state index in [9.17, 15) is 5.21 Å². The molecule has 2 nitrogen and oxygen atoms in total. The highest BCUT2D eigenvalue weighted by Crippen LogP contribution is 2.14. The molecule has 0 aliphatic heterocycles. The SMILES string of the molecule is CCCC[N+]([O-])(CCCC)CCCCCc1ccccc1. The zero-order chi connectivity index (χ0) is 15.4. The summed E-state index contributed by atoms with van der Waals surface area (Å²) in [5, 5.41) is 12.8. The summed E-state index contributed by atoms with van der Waals surface area (Å²) in [7, 11) is 0. The number of rotatable bonds is 12. The van der Waals surface area contributed by atoms with Crippen molar-refractivity contribution in [2.24, 2.45) is 0 Å². The lowest BCUT2D eigenvalue weighted by molar-refractivity contribution is -0.881. The Hall–Kier alpha value is -0.860. The average molecular weight is 291 g/mol. The molecule has 1 aromatic rings. The minimum atomic E-state index is 0.0486. The van der Waals surface area contributed by atoms with E-state index in [1.54, 1.807) is 0 Å². The summed E-state index contributed by atoms with van der Waals surface area (Å²) < 4.78 is 0.0486. The smallest absolute Gasteiger partial charge is 0.0783 e. The molecule has 1 aromatic carbocycles. The Morgan fingerprint density at radius 2 is 1.33 bits per heavy atom. The van der Waals surface area contributed by atoms with E-state index in [0.29, 0.717) is 0 Å². The Balaban J connectivity index is 2.22. The van der Waals surface area contributed by atoms with Crippen molar-refractivity contribution in [2.45, 2.75) is 65.2 Å². The van der Waals surface area contributed by atoms with Crippen molar-refractivity contribution in [2.75, 3.05) is 19.6 Å². The summed E-state index contributed by atoms with van der Waals surface area (Å²) in [6.45, 7) is 6.78. The molecule has 0 aliphatic rings. The highest BCUT2D eigenvalue weighted by atomic mass is 16.5. The molecule has 0 N–H and O–H groups in total. The van der Waals surface area contributed by atoms with Crippen LogP contribution in [0.15, 0.2) is 30.3 Å². The maximum absolute atomic E-state index is 12.8. The second-order valence-corrected chi connectivity index (χ2v) is 6.23. The molecule has 0 aromatic heterocycles. The standard InChI is InChI=1S/C19H33NO/c1-3-5-16-20(21,17-6-4-2)18-12-8-11-15-19-13-9-7-10-14-19/h7,9-10,13-14H,3-6,8,11-12,15-18H2,1-2H3. The Labute approximate surface area is 131 Å². The van der Waals surface area contributed by atoms with Gasteiger partial charge in [-0.3, -0.25) is 0 Å². The van der Waals surface area contributed by atoms with E-state index < -0.39 is 0 Å². The Morgan fingerprint density at radius 3 is 1.90 bits per heavy atom. The molecule has 0 aliphatic carbocycles. The van der Waals surface area contributed by atoms with Crippen LogP contribution in [0.2, 0.25) is 0 Å². The third-order valence-electron chi connectivity index (χ3n) is 4.21. The van der Waals surface area contributed by atoms with Crippen molar-refractivity contribution < 1.29 is 4.65 Å². The van der Waals surface area contributed by atoms with Gasteiger partial charge in [0.25, 0.3) is 0 Å². The number of hydrogen-bond acceptors (Lipinski definition) is 1. The lowest BCUT2D eigenvalue weighted by Gasteiger charge is -2.43. The number of benzene rings is 1. The minimum absolute atomic E-state index is 0.0486. The van der Waals surface area contributed by atoms with Gasteiger partial charge >= 0.3 is 0 Å². The van der Waals surface area contributed by atoms with Gasteiger partial charge in [0.15, 0.2) is 0 Å². The first kappa shape index (κ1) is 18.2. The highest BCUT2D eigenvalue weighted by Gasteiger charge is 2.14. The minimum Gasteiger partial charge on any atom is -0.633 e. The number of unbranched alkanes of at least 4 members (excludes halogenated alkanes) is 4. The molecule has 0 radical (unpaired) electrons. The largest absolute Gasteiger partial charge is 0.633 e. The quantitative estimate of drug-likeness (QED) is 0.290. The van der Waals surface area contributed by atoms with Crippen LogP contribution in [0.5, 0.6) is 0 Å². The lowest BCUT2D eigenvalue weighted by atomic mass is 10.1. The molecule has 0 unspecified atom stereocenters. The molecule has 21 heavy (non-hydrogen) atoms. The first-order chi connectivity index (χ1) is 10.2. The molecule has 0 saturated heterocycles. The van der Waals surface area contributed by atoms with Crippen LogP contribution in [0.3, 0.4) is 0 Å². The van der Waals surface area contributed by atoms with E-state index in [2.05, 4.69) is 44.2 Å². The van der Waals surface area contributed by atoms with Gasteiger partial charge in [0.05, 0.1) is 19.6 Å². The van der Waals surface area contributed by atoms with Crippen LogP contribution < -0.4 is 0 Å². The molecular formula is C19H33NO. The molecule has 0 fully saturated rings. The topological polar surface area (TPSA) is 23.1 Å². The summed E-state index contributed by atoms with van der Waals surface area (Å²) in [6.07, 6.45) is 8.98. The van der Waals surface area contributed by atoms with E-state index in [0.717, 1.165) is 58.2 Å². The highest BCUT2D eigenvalue weighted by molar-refractivity contribution is 5.14. The number of nitrogens with zero attached hydrogens (tertiary/aromatic N) is 1. The van der Waals surface area contributed by atoms with Gasteiger partial charge in [-0.05, 0) is 44.1 Å². The van der Waals surface area contributed by atoms with E-state index in [4.69, 9.17) is 0 Å². The maximum Gasteiger partial charge on any atom is 0.0783 e. The summed E-state index contributed by atoms with van der Waals surface area (Å²) >= 11 is 0. The lowest BCUT2D eigenvalue weighted by Crippen LogP contribution is -2.44. The van der Waals surface area contributed by atoms with E-state index in [1.807, 2.05) is 0 Å². The molecule has 0 bridgehead atoms. The zero-order valence-corrected chi connectivity index (χ0v) is 14.0. The molecular weight excluding hydrogens is 258 g/mol. The van der Waals surface area contributed by atoms with Gasteiger partial charge in [-0.1, -0.05) is 57.0 Å². The van der Waals surface area contributed by atoms with Crippen LogP contribution in [-0.4, -0.2) is 24.3 Å². The van der Waals surface area contributed by atoms with Gasteiger partial charge in [0.2, 0.25) is 0 Å². The van der Waals surface area contributed by atoms with Crippen molar-refractivity contribution in [1.82, 2.24) is 0 Å². The van der Waals surface area contributed by atoms with Gasteiger partial charge in [-0.25, -0.2) is 0 Å². The predicted molar refractivity (Wildman–Crippen MR) is 92.0 cm³/mol. The van der Waals surface area contributed by atoms with Crippen molar-refractivity contribution in [3.63, 3.8) is 0 Å². The van der Waals surface area contributed by atoms with E-state index in [1.165, 1.54) is 18.4 Å². The van der Waals surface area contributed by atoms with Gasteiger partial charge < -0.3 is 9.85 Å². The summed E-state index contributed by atoms with van der Waals surface area (Å²) in [5.41, 5.74) is 1.41. The van der Waals surface area contributed by atoms with Crippen molar-refractivity contribution in [3.8, 4) is 0 Å². The monoisotopic (exact) mass is 291 g/mol. The van der Waals surface area contributed by atoms with Gasteiger partial charge in [0.1, 0.15) is 0 Å². The van der Waals surface area contributed by atoms with Crippen LogP contribution in [0, 0.1) is 5.21 Å².